The molecule has 2 aliphatic rings. The number of hydrogen-bond donors (Lipinski definition) is 0. The molecule has 6 heteroatoms. The third kappa shape index (κ3) is 4.13. The fourth-order valence-electron chi connectivity index (χ4n) is 4.58. The van der Waals surface area contributed by atoms with Crippen LogP contribution in [0, 0.1) is 6.92 Å². The first-order valence-electron chi connectivity index (χ1n) is 10.5. The van der Waals surface area contributed by atoms with Crippen LogP contribution in [0.2, 0.25) is 0 Å². The molecule has 0 radical (unpaired) electrons. The highest BCUT2D eigenvalue weighted by Gasteiger charge is 2.45. The van der Waals surface area contributed by atoms with Gasteiger partial charge < -0.3 is 14.5 Å². The van der Waals surface area contributed by atoms with Crippen molar-refractivity contribution in [2.24, 2.45) is 0 Å². The Morgan fingerprint density at radius 2 is 1.90 bits per heavy atom. The molecule has 0 aromatic heterocycles. The van der Waals surface area contributed by atoms with Crippen molar-refractivity contribution in [3.05, 3.63) is 59.2 Å². The van der Waals surface area contributed by atoms with Gasteiger partial charge in [0.25, 0.3) is 5.92 Å². The van der Waals surface area contributed by atoms with Crippen LogP contribution in [0.3, 0.4) is 0 Å². The summed E-state index contributed by atoms with van der Waals surface area (Å²) in [6.07, 6.45) is 1.88. The molecule has 2 fully saturated rings. The first-order chi connectivity index (χ1) is 14.4. The number of benzene rings is 2. The first-order valence-corrected chi connectivity index (χ1v) is 10.5. The molecular formula is C24H28F2N2O2. The molecule has 0 saturated carbocycles. The number of carbonyl (C=O) groups excluding carboxylic acids is 1. The monoisotopic (exact) mass is 414 g/mol. The highest BCUT2D eigenvalue weighted by atomic mass is 19.3. The van der Waals surface area contributed by atoms with Gasteiger partial charge in [0.15, 0.2) is 0 Å². The lowest BCUT2D eigenvalue weighted by Crippen LogP contribution is -2.47. The van der Waals surface area contributed by atoms with E-state index in [9.17, 15) is 4.79 Å². The number of anilines is 1. The summed E-state index contributed by atoms with van der Waals surface area (Å²) in [7, 11) is 1.57. The molecule has 1 unspecified atom stereocenters. The minimum absolute atomic E-state index is 0.170. The maximum atomic E-state index is 15.2. The predicted octanol–water partition coefficient (Wildman–Crippen LogP) is 4.76. The zero-order valence-corrected chi connectivity index (χ0v) is 17.5. The smallest absolute Gasteiger partial charge is 0.272 e. The Labute approximate surface area is 176 Å². The van der Waals surface area contributed by atoms with Crippen molar-refractivity contribution in [3.63, 3.8) is 0 Å². The molecule has 2 saturated heterocycles. The molecule has 160 valence electrons. The molecule has 2 aromatic carbocycles. The van der Waals surface area contributed by atoms with Crippen molar-refractivity contribution in [2.45, 2.75) is 44.6 Å². The van der Waals surface area contributed by atoms with Crippen molar-refractivity contribution in [1.29, 1.82) is 0 Å². The number of amides is 1. The molecule has 1 atom stereocenters. The second kappa shape index (κ2) is 8.25. The number of ether oxygens (including phenoxy) is 1. The lowest BCUT2D eigenvalue weighted by molar-refractivity contribution is -0.128. The van der Waals surface area contributed by atoms with E-state index in [2.05, 4.69) is 0 Å². The standard InChI is InChI=1S/C24H28F2N2O2/c1-17-5-6-18(15-27-12-3-4-23(27)29)14-22(17)28-13-11-21(24(25,26)16-28)19-7-9-20(30-2)10-8-19/h5-10,14,21H,3-4,11-13,15-16H2,1-2H3. The molecule has 0 aliphatic carbocycles. The second-order valence-corrected chi connectivity index (χ2v) is 8.34. The van der Waals surface area contributed by atoms with Crippen LogP contribution < -0.4 is 9.64 Å². The largest absolute Gasteiger partial charge is 0.497 e. The number of piperidine rings is 1. The molecular weight excluding hydrogens is 386 g/mol. The number of aryl methyl sites for hydroxylation is 1. The quantitative estimate of drug-likeness (QED) is 0.708. The molecule has 2 aromatic rings. The molecule has 2 heterocycles. The third-order valence-electron chi connectivity index (χ3n) is 6.28. The van der Waals surface area contributed by atoms with Gasteiger partial charge in [0.2, 0.25) is 5.91 Å². The molecule has 0 bridgehead atoms. The number of carbonyl (C=O) groups is 1. The van der Waals surface area contributed by atoms with Gasteiger partial charge in [-0.05, 0) is 54.7 Å². The normalized spacial score (nSPS) is 21.2. The van der Waals surface area contributed by atoms with Crippen LogP contribution >= 0.6 is 0 Å². The van der Waals surface area contributed by atoms with E-state index in [1.54, 1.807) is 36.3 Å². The fourth-order valence-corrected chi connectivity index (χ4v) is 4.58. The van der Waals surface area contributed by atoms with E-state index in [-0.39, 0.29) is 12.5 Å². The Morgan fingerprint density at radius 3 is 2.53 bits per heavy atom. The van der Waals surface area contributed by atoms with E-state index < -0.39 is 11.8 Å². The van der Waals surface area contributed by atoms with E-state index >= 15 is 8.78 Å². The van der Waals surface area contributed by atoms with Gasteiger partial charge in [0, 0.05) is 31.7 Å². The Hall–Kier alpha value is -2.63. The topological polar surface area (TPSA) is 32.8 Å². The maximum absolute atomic E-state index is 15.2. The number of rotatable bonds is 5. The summed E-state index contributed by atoms with van der Waals surface area (Å²) in [6.45, 7) is 3.53. The zero-order valence-electron chi connectivity index (χ0n) is 17.5. The summed E-state index contributed by atoms with van der Waals surface area (Å²) in [6, 6.07) is 12.9. The summed E-state index contributed by atoms with van der Waals surface area (Å²) in [5, 5.41) is 0. The van der Waals surface area contributed by atoms with Gasteiger partial charge >= 0.3 is 0 Å². The number of alkyl halides is 2. The molecule has 1 amide bonds. The van der Waals surface area contributed by atoms with Gasteiger partial charge in [-0.2, -0.15) is 0 Å². The summed E-state index contributed by atoms with van der Waals surface area (Å²) >= 11 is 0. The minimum Gasteiger partial charge on any atom is -0.497 e. The number of halogens is 2. The SMILES string of the molecule is COc1ccc(C2CCN(c3cc(CN4CCCC4=O)ccc3C)CC2(F)F)cc1. The number of methoxy groups -OCH3 is 1. The average molecular weight is 414 g/mol. The van der Waals surface area contributed by atoms with Crippen molar-refractivity contribution < 1.29 is 18.3 Å². The Kier molecular flexibility index (Phi) is 5.67. The van der Waals surface area contributed by atoms with Crippen LogP contribution in [0.25, 0.3) is 0 Å². The zero-order chi connectivity index (χ0) is 21.3. The van der Waals surface area contributed by atoms with Crippen molar-refractivity contribution in [1.82, 2.24) is 4.90 Å². The summed E-state index contributed by atoms with van der Waals surface area (Å²) in [5.41, 5.74) is 3.46. The van der Waals surface area contributed by atoms with Gasteiger partial charge in [-0.3, -0.25) is 4.79 Å². The van der Waals surface area contributed by atoms with E-state index in [4.69, 9.17) is 4.74 Å². The fraction of sp³-hybridized carbons (Fsp3) is 0.458. The van der Waals surface area contributed by atoms with Gasteiger partial charge in [-0.15, -0.1) is 0 Å². The molecule has 4 nitrogen and oxygen atoms in total. The van der Waals surface area contributed by atoms with Crippen molar-refractivity contribution in [2.75, 3.05) is 31.6 Å². The summed E-state index contributed by atoms with van der Waals surface area (Å²) in [4.78, 5) is 15.6. The van der Waals surface area contributed by atoms with Crippen LogP contribution in [0.5, 0.6) is 5.75 Å². The lowest BCUT2D eigenvalue weighted by Gasteiger charge is -2.40. The molecule has 30 heavy (non-hydrogen) atoms. The highest BCUT2D eigenvalue weighted by molar-refractivity contribution is 5.78. The van der Waals surface area contributed by atoms with Crippen molar-refractivity contribution in [3.8, 4) is 5.75 Å². The summed E-state index contributed by atoms with van der Waals surface area (Å²) < 4.78 is 35.5. The van der Waals surface area contributed by atoms with E-state index in [0.29, 0.717) is 37.2 Å². The first kappa shape index (κ1) is 20.6. The van der Waals surface area contributed by atoms with E-state index in [1.165, 1.54) is 0 Å². The molecule has 4 rings (SSSR count). The Balaban J connectivity index is 1.51. The number of likely N-dealkylation sites (tertiary alicyclic amines) is 1. The van der Waals surface area contributed by atoms with Crippen LogP contribution in [-0.4, -0.2) is 43.5 Å². The number of nitrogens with zero attached hydrogens (tertiary/aromatic N) is 2. The van der Waals surface area contributed by atoms with E-state index in [1.807, 2.05) is 30.0 Å². The third-order valence-corrected chi connectivity index (χ3v) is 6.28. The van der Waals surface area contributed by atoms with Gasteiger partial charge in [-0.1, -0.05) is 24.3 Å². The second-order valence-electron chi connectivity index (χ2n) is 8.34. The molecule has 0 spiro atoms. The average Bonchev–Trinajstić information content (AvgIpc) is 3.13. The van der Waals surface area contributed by atoms with Gasteiger partial charge in [-0.25, -0.2) is 8.78 Å². The Bertz CT molecular complexity index is 914. The minimum atomic E-state index is -2.83. The van der Waals surface area contributed by atoms with E-state index in [0.717, 1.165) is 29.8 Å². The highest BCUT2D eigenvalue weighted by Crippen LogP contribution is 2.42. The van der Waals surface area contributed by atoms with Crippen LogP contribution in [0.1, 0.15) is 41.9 Å². The van der Waals surface area contributed by atoms with Crippen LogP contribution in [0.4, 0.5) is 14.5 Å². The van der Waals surface area contributed by atoms with Crippen molar-refractivity contribution >= 4 is 11.6 Å². The lowest BCUT2D eigenvalue weighted by atomic mass is 9.85. The van der Waals surface area contributed by atoms with Crippen LogP contribution in [-0.2, 0) is 11.3 Å². The van der Waals surface area contributed by atoms with Gasteiger partial charge in [0.1, 0.15) is 5.75 Å². The van der Waals surface area contributed by atoms with Gasteiger partial charge in [0.05, 0.1) is 19.6 Å². The number of hydrogen-bond acceptors (Lipinski definition) is 3. The maximum Gasteiger partial charge on any atom is 0.272 e. The Morgan fingerprint density at radius 1 is 1.13 bits per heavy atom. The molecule has 2 aliphatic heterocycles. The predicted molar refractivity (Wildman–Crippen MR) is 113 cm³/mol. The molecule has 0 N–H and O–H groups in total. The summed E-state index contributed by atoms with van der Waals surface area (Å²) in [5.74, 6) is -2.79. The van der Waals surface area contributed by atoms with Crippen LogP contribution in [0.15, 0.2) is 42.5 Å².